The van der Waals surface area contributed by atoms with Crippen molar-refractivity contribution in [3.05, 3.63) is 59.9 Å². The lowest BCUT2D eigenvalue weighted by Gasteiger charge is -2.40. The summed E-state index contributed by atoms with van der Waals surface area (Å²) in [4.78, 5) is 14.2. The van der Waals surface area contributed by atoms with Crippen LogP contribution in [0.4, 0.5) is 9.18 Å². The van der Waals surface area contributed by atoms with Crippen molar-refractivity contribution in [1.29, 1.82) is 0 Å². The topological polar surface area (TPSA) is 58.4 Å². The Labute approximate surface area is 154 Å². The summed E-state index contributed by atoms with van der Waals surface area (Å²) >= 11 is 0. The molecule has 0 spiro atoms. The zero-order valence-corrected chi connectivity index (χ0v) is 15.1. The van der Waals surface area contributed by atoms with Crippen LogP contribution in [-0.4, -0.2) is 36.1 Å². The van der Waals surface area contributed by atoms with Gasteiger partial charge in [0.05, 0.1) is 6.04 Å². The molecule has 1 heterocycles. The van der Waals surface area contributed by atoms with Crippen LogP contribution in [0.1, 0.15) is 25.3 Å². The predicted molar refractivity (Wildman–Crippen MR) is 102 cm³/mol. The number of nitrogens with one attached hydrogen (secondary N) is 1. The largest absolute Gasteiger partial charge is 0.338 e. The Bertz CT molecular complexity index is 764. The SMILES string of the molecule is CCNC(=O)N1CCCC(N)C1Cc1cccc(-c2ccccc2F)c1. The normalized spacial score (nSPS) is 20.0. The van der Waals surface area contributed by atoms with Gasteiger partial charge in [-0.3, -0.25) is 0 Å². The minimum Gasteiger partial charge on any atom is -0.338 e. The zero-order chi connectivity index (χ0) is 18.5. The Morgan fingerprint density at radius 2 is 2.08 bits per heavy atom. The molecule has 0 aromatic heterocycles. The van der Waals surface area contributed by atoms with E-state index in [1.807, 2.05) is 42.2 Å². The second-order valence-corrected chi connectivity index (χ2v) is 6.79. The van der Waals surface area contributed by atoms with Crippen LogP contribution in [0, 0.1) is 5.82 Å². The molecule has 0 radical (unpaired) electrons. The van der Waals surface area contributed by atoms with E-state index in [0.717, 1.165) is 30.5 Å². The maximum absolute atomic E-state index is 14.1. The van der Waals surface area contributed by atoms with E-state index in [2.05, 4.69) is 5.32 Å². The summed E-state index contributed by atoms with van der Waals surface area (Å²) in [7, 11) is 0. The Balaban J connectivity index is 1.83. The van der Waals surface area contributed by atoms with E-state index in [0.29, 0.717) is 18.5 Å². The number of urea groups is 1. The van der Waals surface area contributed by atoms with E-state index in [4.69, 9.17) is 5.73 Å². The first-order chi connectivity index (χ1) is 12.6. The quantitative estimate of drug-likeness (QED) is 0.881. The van der Waals surface area contributed by atoms with E-state index >= 15 is 0 Å². The van der Waals surface area contributed by atoms with Crippen molar-refractivity contribution < 1.29 is 9.18 Å². The van der Waals surface area contributed by atoms with Crippen molar-refractivity contribution in [3.8, 4) is 11.1 Å². The summed E-state index contributed by atoms with van der Waals surface area (Å²) in [5.41, 5.74) is 8.83. The van der Waals surface area contributed by atoms with Gasteiger partial charge >= 0.3 is 6.03 Å². The lowest BCUT2D eigenvalue weighted by Crippen LogP contribution is -2.57. The summed E-state index contributed by atoms with van der Waals surface area (Å²) in [5, 5.41) is 2.88. The molecule has 2 unspecified atom stereocenters. The van der Waals surface area contributed by atoms with Gasteiger partial charge < -0.3 is 16.0 Å². The molecule has 0 saturated carbocycles. The molecule has 4 nitrogen and oxygen atoms in total. The van der Waals surface area contributed by atoms with Crippen LogP contribution in [0.25, 0.3) is 11.1 Å². The van der Waals surface area contributed by atoms with E-state index < -0.39 is 0 Å². The van der Waals surface area contributed by atoms with Gasteiger partial charge in [0.25, 0.3) is 0 Å². The number of piperidine rings is 1. The smallest absolute Gasteiger partial charge is 0.317 e. The average Bonchev–Trinajstić information content (AvgIpc) is 2.64. The highest BCUT2D eigenvalue weighted by atomic mass is 19.1. The van der Waals surface area contributed by atoms with E-state index in [1.165, 1.54) is 6.07 Å². The van der Waals surface area contributed by atoms with Crippen LogP contribution in [0.15, 0.2) is 48.5 Å². The summed E-state index contributed by atoms with van der Waals surface area (Å²) in [6.45, 7) is 3.23. The molecule has 1 aliphatic rings. The van der Waals surface area contributed by atoms with Crippen molar-refractivity contribution in [2.24, 2.45) is 5.73 Å². The molecule has 2 amide bonds. The number of hydrogen-bond donors (Lipinski definition) is 2. The van der Waals surface area contributed by atoms with Crippen LogP contribution >= 0.6 is 0 Å². The molecule has 0 bridgehead atoms. The Kier molecular flexibility index (Phi) is 5.89. The predicted octanol–water partition coefficient (Wildman–Crippen LogP) is 3.56. The fourth-order valence-electron chi connectivity index (χ4n) is 3.66. The van der Waals surface area contributed by atoms with Gasteiger partial charge in [0.15, 0.2) is 0 Å². The first kappa shape index (κ1) is 18.4. The first-order valence-corrected chi connectivity index (χ1v) is 9.24. The van der Waals surface area contributed by atoms with Crippen LogP contribution in [0.3, 0.4) is 0 Å². The van der Waals surface area contributed by atoms with E-state index in [-0.39, 0.29) is 23.9 Å². The molecule has 0 aliphatic carbocycles. The molecule has 3 N–H and O–H groups in total. The highest BCUT2D eigenvalue weighted by Crippen LogP contribution is 2.26. The molecule has 2 aromatic rings. The summed E-state index contributed by atoms with van der Waals surface area (Å²) < 4.78 is 14.1. The highest BCUT2D eigenvalue weighted by molar-refractivity contribution is 5.74. The molecular formula is C21H26FN3O. The van der Waals surface area contributed by atoms with Gasteiger partial charge in [0.1, 0.15) is 5.82 Å². The summed E-state index contributed by atoms with van der Waals surface area (Å²) in [5.74, 6) is -0.233. The summed E-state index contributed by atoms with van der Waals surface area (Å²) in [6.07, 6.45) is 2.50. The minimum atomic E-state index is -0.233. The van der Waals surface area contributed by atoms with Crippen LogP contribution in [-0.2, 0) is 6.42 Å². The van der Waals surface area contributed by atoms with Gasteiger partial charge in [-0.2, -0.15) is 0 Å². The second-order valence-electron chi connectivity index (χ2n) is 6.79. The second kappa shape index (κ2) is 8.32. The Hall–Kier alpha value is -2.40. The number of hydrogen-bond acceptors (Lipinski definition) is 2. The van der Waals surface area contributed by atoms with Gasteiger partial charge in [-0.05, 0) is 43.4 Å². The number of halogens is 1. The molecular weight excluding hydrogens is 329 g/mol. The number of benzene rings is 2. The molecule has 26 heavy (non-hydrogen) atoms. The first-order valence-electron chi connectivity index (χ1n) is 9.24. The molecule has 5 heteroatoms. The molecule has 1 aliphatic heterocycles. The van der Waals surface area contributed by atoms with E-state index in [9.17, 15) is 9.18 Å². The third-order valence-electron chi connectivity index (χ3n) is 4.98. The standard InChI is InChI=1S/C21H26FN3O/c1-2-24-21(26)25-12-6-11-19(23)20(25)14-15-7-5-8-16(13-15)17-9-3-4-10-18(17)22/h3-5,7-10,13,19-20H,2,6,11-12,14,23H2,1H3,(H,24,26). The lowest BCUT2D eigenvalue weighted by atomic mass is 9.90. The van der Waals surface area contributed by atoms with Crippen LogP contribution < -0.4 is 11.1 Å². The monoisotopic (exact) mass is 355 g/mol. The third kappa shape index (κ3) is 4.05. The fourth-order valence-corrected chi connectivity index (χ4v) is 3.66. The molecule has 138 valence electrons. The Morgan fingerprint density at radius 3 is 2.85 bits per heavy atom. The number of carbonyl (C=O) groups excluding carboxylic acids is 1. The van der Waals surface area contributed by atoms with E-state index in [1.54, 1.807) is 12.1 Å². The number of carbonyl (C=O) groups is 1. The molecule has 1 saturated heterocycles. The van der Waals surface area contributed by atoms with Gasteiger partial charge in [0, 0.05) is 24.7 Å². The van der Waals surface area contributed by atoms with Gasteiger partial charge in [0.2, 0.25) is 0 Å². The maximum Gasteiger partial charge on any atom is 0.317 e. The summed E-state index contributed by atoms with van der Waals surface area (Å²) in [6, 6.07) is 14.5. The molecule has 2 atom stereocenters. The average molecular weight is 355 g/mol. The molecule has 3 rings (SSSR count). The van der Waals surface area contributed by atoms with Crippen molar-refractivity contribution >= 4 is 6.03 Å². The zero-order valence-electron chi connectivity index (χ0n) is 15.1. The van der Waals surface area contributed by atoms with Gasteiger partial charge in [-0.1, -0.05) is 42.5 Å². The number of nitrogens with zero attached hydrogens (tertiary/aromatic N) is 1. The number of amides is 2. The maximum atomic E-state index is 14.1. The third-order valence-corrected chi connectivity index (χ3v) is 4.98. The Morgan fingerprint density at radius 1 is 1.27 bits per heavy atom. The highest BCUT2D eigenvalue weighted by Gasteiger charge is 2.32. The van der Waals surface area contributed by atoms with Crippen molar-refractivity contribution in [2.75, 3.05) is 13.1 Å². The molecule has 1 fully saturated rings. The van der Waals surface area contributed by atoms with Crippen molar-refractivity contribution in [3.63, 3.8) is 0 Å². The molecule has 2 aromatic carbocycles. The van der Waals surface area contributed by atoms with Crippen molar-refractivity contribution in [2.45, 2.75) is 38.3 Å². The van der Waals surface area contributed by atoms with Crippen LogP contribution in [0.5, 0.6) is 0 Å². The number of likely N-dealkylation sites (tertiary alicyclic amines) is 1. The van der Waals surface area contributed by atoms with Crippen molar-refractivity contribution in [1.82, 2.24) is 10.2 Å². The van der Waals surface area contributed by atoms with Crippen LogP contribution in [0.2, 0.25) is 0 Å². The van der Waals surface area contributed by atoms with Gasteiger partial charge in [-0.25, -0.2) is 9.18 Å². The fraction of sp³-hybridized carbons (Fsp3) is 0.381. The lowest BCUT2D eigenvalue weighted by molar-refractivity contribution is 0.138. The minimum absolute atomic E-state index is 0.0498. The number of nitrogens with two attached hydrogens (primary N) is 1. The number of rotatable bonds is 4. The van der Waals surface area contributed by atoms with Gasteiger partial charge in [-0.15, -0.1) is 0 Å².